The molecule has 0 saturated heterocycles. The van der Waals surface area contributed by atoms with Gasteiger partial charge >= 0.3 is 0 Å². The molecule has 174 valence electrons. The second kappa shape index (κ2) is 14.2. The van der Waals surface area contributed by atoms with Gasteiger partial charge < -0.3 is 0 Å². The average molecular weight is 425 g/mol. The summed E-state index contributed by atoms with van der Waals surface area (Å²) in [5.74, 6) is 0. The number of rotatable bonds is 8. The number of hydrogen-bond acceptors (Lipinski definition) is 2. The van der Waals surface area contributed by atoms with Gasteiger partial charge in [-0.1, -0.05) is 91.2 Å². The molecule has 0 aromatic rings. The molecule has 2 nitrogen and oxygen atoms in total. The minimum absolute atomic E-state index is 0.169. The Bertz CT molecular complexity index is 787. The summed E-state index contributed by atoms with van der Waals surface area (Å²) in [6, 6.07) is 0. The normalized spacial score (nSPS) is 18.2. The molecule has 1 aliphatic carbocycles. The van der Waals surface area contributed by atoms with E-state index in [2.05, 4.69) is 76.3 Å². The molecule has 0 N–H and O–H groups in total. The maximum Gasteiger partial charge on any atom is 0.0903 e. The quantitative estimate of drug-likeness (QED) is 0.211. The number of allylic oxidation sites excluding steroid dienone is 9. The molecule has 0 bridgehead atoms. The van der Waals surface area contributed by atoms with Crippen LogP contribution >= 0.6 is 0 Å². The first-order valence-corrected chi connectivity index (χ1v) is 12.0. The van der Waals surface area contributed by atoms with Gasteiger partial charge in [0.15, 0.2) is 0 Å². The van der Waals surface area contributed by atoms with E-state index in [1.54, 1.807) is 0 Å². The van der Waals surface area contributed by atoms with Crippen LogP contribution in [0.25, 0.3) is 0 Å². The highest BCUT2D eigenvalue weighted by Crippen LogP contribution is 2.32. The van der Waals surface area contributed by atoms with Crippen molar-refractivity contribution in [3.8, 4) is 0 Å². The molecule has 0 aromatic heterocycles. The molecule has 0 unspecified atom stereocenters. The first-order valence-electron chi connectivity index (χ1n) is 12.0. The van der Waals surface area contributed by atoms with Crippen LogP contribution < -0.4 is 0 Å². The lowest BCUT2D eigenvalue weighted by Gasteiger charge is -2.24. The molecule has 0 heterocycles. The van der Waals surface area contributed by atoms with E-state index in [0.717, 1.165) is 34.6 Å². The maximum atomic E-state index is 4.60. The summed E-state index contributed by atoms with van der Waals surface area (Å²) in [5.41, 5.74) is 9.50. The van der Waals surface area contributed by atoms with Gasteiger partial charge in [-0.05, 0) is 55.7 Å². The van der Waals surface area contributed by atoms with E-state index in [0.29, 0.717) is 0 Å². The van der Waals surface area contributed by atoms with Gasteiger partial charge in [0.05, 0.1) is 11.4 Å². The number of unbranched alkanes of at least 4 members (excludes halogenated alkanes) is 3. The van der Waals surface area contributed by atoms with E-state index in [1.165, 1.54) is 42.4 Å². The van der Waals surface area contributed by atoms with Crippen molar-refractivity contribution in [2.75, 3.05) is 14.1 Å². The van der Waals surface area contributed by atoms with Crippen LogP contribution in [0.4, 0.5) is 0 Å². The summed E-state index contributed by atoms with van der Waals surface area (Å²) in [5, 5.41) is 0. The van der Waals surface area contributed by atoms with Crippen molar-refractivity contribution in [2.24, 2.45) is 15.4 Å². The topological polar surface area (TPSA) is 24.7 Å². The molecule has 1 aliphatic rings. The highest BCUT2D eigenvalue weighted by molar-refractivity contribution is 6.56. The van der Waals surface area contributed by atoms with Crippen molar-refractivity contribution in [1.82, 2.24) is 0 Å². The standard InChI is InChI=1S/C27H42N2.C2H6/c1-11-12-13-14-15-22(21(5)27(6,7)8)18-20(4)24-17-16-23(19(2)3)25(28-9)26(24)29-10;1-2/h16-18H,2,11-15H2,1,3-10H3;1-2H3/b20-18+,22-21+,28-25?,29-26?;. The predicted octanol–water partition coefficient (Wildman–Crippen LogP) is 8.88. The van der Waals surface area contributed by atoms with E-state index in [9.17, 15) is 0 Å². The first kappa shape index (κ1) is 29.0. The minimum atomic E-state index is 0.169. The maximum absolute atomic E-state index is 4.60. The Hall–Kier alpha value is -1.96. The molecule has 1 rings (SSSR count). The summed E-state index contributed by atoms with van der Waals surface area (Å²) >= 11 is 0. The van der Waals surface area contributed by atoms with E-state index in [1.807, 2.05) is 34.9 Å². The van der Waals surface area contributed by atoms with E-state index < -0.39 is 0 Å². The van der Waals surface area contributed by atoms with Crippen molar-refractivity contribution in [2.45, 2.75) is 94.4 Å². The van der Waals surface area contributed by atoms with E-state index in [-0.39, 0.29) is 5.41 Å². The number of nitrogens with zero attached hydrogens (tertiary/aromatic N) is 2. The molecule has 0 aliphatic heterocycles. The van der Waals surface area contributed by atoms with Crippen LogP contribution in [0.5, 0.6) is 0 Å². The third-order valence-electron chi connectivity index (χ3n) is 5.78. The van der Waals surface area contributed by atoms with Gasteiger partial charge in [0.2, 0.25) is 0 Å². The summed E-state index contributed by atoms with van der Waals surface area (Å²) in [6.45, 7) is 23.8. The summed E-state index contributed by atoms with van der Waals surface area (Å²) in [6.07, 6.45) is 13.0. The number of hydrogen-bond donors (Lipinski definition) is 0. The van der Waals surface area contributed by atoms with Crippen LogP contribution in [0.1, 0.15) is 94.4 Å². The summed E-state index contributed by atoms with van der Waals surface area (Å²) < 4.78 is 0. The second-order valence-electron chi connectivity index (χ2n) is 9.12. The SMILES string of the molecule is C=C(C)C1=CC=C(/C(C)=C/C(CCCCCC)=C(\C)C(C)(C)C)C(=NC)C1=NC.CC. The van der Waals surface area contributed by atoms with Crippen LogP contribution in [-0.2, 0) is 0 Å². The van der Waals surface area contributed by atoms with Crippen molar-refractivity contribution < 1.29 is 0 Å². The van der Waals surface area contributed by atoms with Crippen LogP contribution in [0.2, 0.25) is 0 Å². The lowest BCUT2D eigenvalue weighted by atomic mass is 9.81. The van der Waals surface area contributed by atoms with Crippen molar-refractivity contribution in [1.29, 1.82) is 0 Å². The molecule has 0 radical (unpaired) electrons. The molecule has 0 spiro atoms. The highest BCUT2D eigenvalue weighted by Gasteiger charge is 2.23. The zero-order valence-corrected chi connectivity index (χ0v) is 22.4. The zero-order valence-electron chi connectivity index (χ0n) is 22.4. The molecular formula is C29H48N2. The van der Waals surface area contributed by atoms with Gasteiger partial charge in [-0.15, -0.1) is 0 Å². The molecule has 0 saturated carbocycles. The third kappa shape index (κ3) is 8.59. The molecular weight excluding hydrogens is 376 g/mol. The molecule has 0 aromatic carbocycles. The molecule has 31 heavy (non-hydrogen) atoms. The molecule has 0 atom stereocenters. The fourth-order valence-corrected chi connectivity index (χ4v) is 3.63. The van der Waals surface area contributed by atoms with Gasteiger partial charge in [-0.2, -0.15) is 0 Å². The molecule has 0 fully saturated rings. The largest absolute Gasteiger partial charge is 0.286 e. The Kier molecular flexibility index (Phi) is 13.3. The minimum Gasteiger partial charge on any atom is -0.286 e. The smallest absolute Gasteiger partial charge is 0.0903 e. The van der Waals surface area contributed by atoms with Crippen LogP contribution in [0.15, 0.2) is 68.2 Å². The average Bonchev–Trinajstić information content (AvgIpc) is 2.74. The highest BCUT2D eigenvalue weighted by atomic mass is 14.8. The Morgan fingerprint density at radius 2 is 1.42 bits per heavy atom. The van der Waals surface area contributed by atoms with Gasteiger partial charge in [-0.3, -0.25) is 9.98 Å². The molecule has 0 amide bonds. The Morgan fingerprint density at radius 1 is 0.903 bits per heavy atom. The summed E-state index contributed by atoms with van der Waals surface area (Å²) in [4.78, 5) is 9.14. The van der Waals surface area contributed by atoms with Crippen molar-refractivity contribution >= 4 is 11.4 Å². The van der Waals surface area contributed by atoms with Crippen molar-refractivity contribution in [3.05, 3.63) is 58.2 Å². The summed E-state index contributed by atoms with van der Waals surface area (Å²) in [7, 11) is 3.69. The van der Waals surface area contributed by atoms with Crippen LogP contribution in [0, 0.1) is 5.41 Å². The Balaban J connectivity index is 0.00000436. The fourth-order valence-electron chi connectivity index (χ4n) is 3.63. The first-order chi connectivity index (χ1) is 14.6. The van der Waals surface area contributed by atoms with Crippen molar-refractivity contribution in [3.63, 3.8) is 0 Å². The Labute approximate surface area is 193 Å². The number of aliphatic imine (C=N–C) groups is 2. The van der Waals surface area contributed by atoms with E-state index >= 15 is 0 Å². The second-order valence-corrected chi connectivity index (χ2v) is 9.12. The van der Waals surface area contributed by atoms with Gasteiger partial charge in [0.1, 0.15) is 0 Å². The van der Waals surface area contributed by atoms with E-state index in [4.69, 9.17) is 0 Å². The van der Waals surface area contributed by atoms with Gasteiger partial charge in [0.25, 0.3) is 0 Å². The van der Waals surface area contributed by atoms with Crippen LogP contribution in [-0.4, -0.2) is 25.5 Å². The zero-order chi connectivity index (χ0) is 24.2. The fraction of sp³-hybridized carbons (Fsp3) is 0.586. The predicted molar refractivity (Wildman–Crippen MR) is 144 cm³/mol. The monoisotopic (exact) mass is 424 g/mol. The van der Waals surface area contributed by atoms with Gasteiger partial charge in [-0.25, -0.2) is 0 Å². The molecule has 2 heteroatoms. The lowest BCUT2D eigenvalue weighted by molar-refractivity contribution is 0.496. The Morgan fingerprint density at radius 3 is 1.87 bits per heavy atom. The van der Waals surface area contributed by atoms with Crippen LogP contribution in [0.3, 0.4) is 0 Å². The van der Waals surface area contributed by atoms with Gasteiger partial charge in [0, 0.05) is 25.2 Å². The lowest BCUT2D eigenvalue weighted by Crippen LogP contribution is -2.23. The third-order valence-corrected chi connectivity index (χ3v) is 5.78.